The number of aliphatic hydroxyl groups is 1. The summed E-state index contributed by atoms with van der Waals surface area (Å²) in [6.45, 7) is 3.39. The summed E-state index contributed by atoms with van der Waals surface area (Å²) in [7, 11) is 2.11. The number of aldehydes is 1. The number of carbonyl (C=O) groups excluding carboxylic acids is 4. The zero-order valence-electron chi connectivity index (χ0n) is 12.4. The number of benzene rings is 1. The molecule has 1 heterocycles. The van der Waals surface area contributed by atoms with E-state index in [2.05, 4.69) is 16.1 Å². The lowest BCUT2D eigenvalue weighted by Gasteiger charge is -2.22. The minimum absolute atomic E-state index is 0.0139. The molecular weight excluding hydrogens is 306 g/mol. The van der Waals surface area contributed by atoms with E-state index >= 15 is 0 Å². The predicted octanol–water partition coefficient (Wildman–Crippen LogP) is 0.529. The van der Waals surface area contributed by atoms with Gasteiger partial charge in [0.1, 0.15) is 6.29 Å². The minimum atomic E-state index is -2.53. The lowest BCUT2D eigenvalue weighted by atomic mass is 9.87. The Bertz CT molecular complexity index is 739. The summed E-state index contributed by atoms with van der Waals surface area (Å²) >= 11 is 0. The van der Waals surface area contributed by atoms with Gasteiger partial charge in [-0.1, -0.05) is 6.58 Å². The fourth-order valence-corrected chi connectivity index (χ4v) is 2.33. The Kier molecular flexibility index (Phi) is 4.02. The van der Waals surface area contributed by atoms with Gasteiger partial charge in [0, 0.05) is 11.1 Å². The molecule has 0 bridgehead atoms. The molecule has 1 N–H and O–H groups in total. The van der Waals surface area contributed by atoms with Crippen LogP contribution in [-0.2, 0) is 24.7 Å². The number of esters is 1. The lowest BCUT2D eigenvalue weighted by molar-refractivity contribution is -0.144. The van der Waals surface area contributed by atoms with Crippen LogP contribution >= 0.6 is 0 Å². The molecule has 1 aromatic carbocycles. The second kappa shape index (κ2) is 5.65. The molecule has 2 amide bonds. The number of hydrogen-bond acceptors (Lipinski definition) is 7. The van der Waals surface area contributed by atoms with Crippen LogP contribution in [0.4, 0.5) is 10.5 Å². The van der Waals surface area contributed by atoms with E-state index in [4.69, 9.17) is 0 Å². The third-order valence-electron chi connectivity index (χ3n) is 3.53. The largest absolute Gasteiger partial charge is 0.466 e. The molecule has 1 aromatic rings. The van der Waals surface area contributed by atoms with Crippen molar-refractivity contribution in [3.05, 3.63) is 41.5 Å². The number of amides is 2. The number of nitrogens with zero attached hydrogens (tertiary/aromatic N) is 1. The summed E-state index contributed by atoms with van der Waals surface area (Å²) in [6, 6.07) is 3.83. The molecule has 1 aliphatic rings. The fourth-order valence-electron chi connectivity index (χ4n) is 2.33. The van der Waals surface area contributed by atoms with E-state index in [9.17, 15) is 24.3 Å². The predicted molar refractivity (Wildman–Crippen MR) is 76.8 cm³/mol. The Morgan fingerprint density at radius 1 is 1.30 bits per heavy atom. The average molecular weight is 319 g/mol. The first-order valence-corrected chi connectivity index (χ1v) is 6.35. The van der Waals surface area contributed by atoms with Gasteiger partial charge in [-0.3, -0.25) is 9.59 Å². The van der Waals surface area contributed by atoms with Gasteiger partial charge in [-0.05, 0) is 18.2 Å². The summed E-state index contributed by atoms with van der Waals surface area (Å²) in [6.07, 6.45) is -0.559. The van der Waals surface area contributed by atoms with Gasteiger partial charge in [-0.25, -0.2) is 14.5 Å². The van der Waals surface area contributed by atoms with Crippen molar-refractivity contribution < 1.29 is 33.8 Å². The zero-order chi connectivity index (χ0) is 17.4. The van der Waals surface area contributed by atoms with Gasteiger partial charge in [-0.2, -0.15) is 0 Å². The van der Waals surface area contributed by atoms with Crippen molar-refractivity contribution in [1.29, 1.82) is 0 Å². The van der Waals surface area contributed by atoms with Crippen LogP contribution in [0.2, 0.25) is 0 Å². The van der Waals surface area contributed by atoms with E-state index in [-0.39, 0.29) is 16.8 Å². The molecule has 0 spiro atoms. The van der Waals surface area contributed by atoms with Crippen molar-refractivity contribution in [2.45, 2.75) is 5.60 Å². The van der Waals surface area contributed by atoms with E-state index in [1.165, 1.54) is 18.2 Å². The Labute approximate surface area is 130 Å². The third-order valence-corrected chi connectivity index (χ3v) is 3.53. The summed E-state index contributed by atoms with van der Waals surface area (Å²) in [4.78, 5) is 47.6. The molecule has 0 saturated heterocycles. The van der Waals surface area contributed by atoms with Gasteiger partial charge in [0.25, 0.3) is 5.91 Å². The van der Waals surface area contributed by atoms with E-state index in [0.717, 1.165) is 14.2 Å². The summed E-state index contributed by atoms with van der Waals surface area (Å²) in [5.74, 6) is -2.17. The van der Waals surface area contributed by atoms with Crippen LogP contribution < -0.4 is 4.90 Å². The highest BCUT2D eigenvalue weighted by Crippen LogP contribution is 2.45. The molecular formula is C15H13NO7. The topological polar surface area (TPSA) is 110 Å². The van der Waals surface area contributed by atoms with Crippen LogP contribution in [0.5, 0.6) is 0 Å². The molecule has 0 fully saturated rings. The fraction of sp³-hybridized carbons (Fsp3) is 0.200. The molecule has 0 saturated carbocycles. The van der Waals surface area contributed by atoms with Crippen LogP contribution in [0, 0.1) is 0 Å². The van der Waals surface area contributed by atoms with Gasteiger partial charge in [0.05, 0.1) is 25.5 Å². The SMILES string of the molecule is C=C(C(=O)OC)C1(O)C(=O)N(C(=O)OC)c2ccc(C=O)cc21. The number of hydrogen-bond donors (Lipinski definition) is 1. The number of carbonyl (C=O) groups is 4. The van der Waals surface area contributed by atoms with Crippen LogP contribution in [0.1, 0.15) is 15.9 Å². The van der Waals surface area contributed by atoms with Crippen molar-refractivity contribution in [2.24, 2.45) is 0 Å². The molecule has 1 atom stereocenters. The molecule has 120 valence electrons. The summed E-state index contributed by atoms with van der Waals surface area (Å²) in [5.41, 5.74) is -3.12. The van der Waals surface area contributed by atoms with Crippen molar-refractivity contribution in [3.8, 4) is 0 Å². The van der Waals surface area contributed by atoms with E-state index in [1.54, 1.807) is 0 Å². The number of imide groups is 1. The molecule has 1 unspecified atom stereocenters. The first kappa shape index (κ1) is 16.4. The molecule has 1 aliphatic heterocycles. The second-order valence-corrected chi connectivity index (χ2v) is 4.69. The third kappa shape index (κ3) is 2.20. The second-order valence-electron chi connectivity index (χ2n) is 4.69. The maximum Gasteiger partial charge on any atom is 0.421 e. The number of methoxy groups -OCH3 is 2. The zero-order valence-corrected chi connectivity index (χ0v) is 12.4. The number of rotatable bonds is 3. The van der Waals surface area contributed by atoms with Crippen molar-refractivity contribution in [2.75, 3.05) is 19.1 Å². The molecule has 2 rings (SSSR count). The number of anilines is 1. The normalized spacial score (nSPS) is 19.1. The van der Waals surface area contributed by atoms with Crippen LogP contribution in [0.25, 0.3) is 0 Å². The quantitative estimate of drug-likeness (QED) is 0.491. The van der Waals surface area contributed by atoms with Crippen LogP contribution in [-0.4, -0.2) is 43.6 Å². The van der Waals surface area contributed by atoms with Crippen molar-refractivity contribution in [3.63, 3.8) is 0 Å². The lowest BCUT2D eigenvalue weighted by Crippen LogP contribution is -2.45. The first-order chi connectivity index (χ1) is 10.8. The maximum atomic E-state index is 12.6. The maximum absolute atomic E-state index is 12.6. The highest BCUT2D eigenvalue weighted by molar-refractivity contribution is 6.23. The van der Waals surface area contributed by atoms with Crippen LogP contribution in [0.15, 0.2) is 30.4 Å². The first-order valence-electron chi connectivity index (χ1n) is 6.35. The Balaban J connectivity index is 2.73. The van der Waals surface area contributed by atoms with E-state index in [0.29, 0.717) is 11.2 Å². The molecule has 8 nitrogen and oxygen atoms in total. The van der Waals surface area contributed by atoms with Gasteiger partial charge in [0.15, 0.2) is 0 Å². The smallest absolute Gasteiger partial charge is 0.421 e. The Morgan fingerprint density at radius 3 is 2.48 bits per heavy atom. The average Bonchev–Trinajstić information content (AvgIpc) is 2.81. The highest BCUT2D eigenvalue weighted by atomic mass is 16.5. The highest BCUT2D eigenvalue weighted by Gasteiger charge is 2.56. The van der Waals surface area contributed by atoms with Crippen LogP contribution in [0.3, 0.4) is 0 Å². The molecule has 0 aromatic heterocycles. The number of ether oxygens (including phenoxy) is 2. The van der Waals surface area contributed by atoms with Gasteiger partial charge in [0.2, 0.25) is 5.60 Å². The standard InChI is InChI=1S/C15H13NO7/c1-8(12(18)22-2)15(21)10-6-9(7-17)4-5-11(10)16(13(15)19)14(20)23-3/h4-7,21H,1H2,2-3H3. The molecule has 0 radical (unpaired) electrons. The van der Waals surface area contributed by atoms with Crippen molar-refractivity contribution in [1.82, 2.24) is 0 Å². The van der Waals surface area contributed by atoms with E-state index < -0.39 is 29.1 Å². The minimum Gasteiger partial charge on any atom is -0.466 e. The van der Waals surface area contributed by atoms with Gasteiger partial charge in [-0.15, -0.1) is 0 Å². The molecule has 0 aliphatic carbocycles. The molecule has 8 heteroatoms. The van der Waals surface area contributed by atoms with E-state index in [1.807, 2.05) is 0 Å². The van der Waals surface area contributed by atoms with Gasteiger partial charge >= 0.3 is 12.1 Å². The summed E-state index contributed by atoms with van der Waals surface area (Å²) < 4.78 is 8.99. The van der Waals surface area contributed by atoms with Gasteiger partial charge < -0.3 is 14.6 Å². The molecule has 23 heavy (non-hydrogen) atoms. The van der Waals surface area contributed by atoms with Crippen molar-refractivity contribution >= 4 is 29.9 Å². The number of fused-ring (bicyclic) bond motifs is 1. The summed E-state index contributed by atoms with van der Waals surface area (Å²) in [5, 5.41) is 10.8. The monoisotopic (exact) mass is 319 g/mol. The Hall–Kier alpha value is -3.00. The Morgan fingerprint density at radius 2 is 1.96 bits per heavy atom.